The van der Waals surface area contributed by atoms with Gasteiger partial charge in [0.1, 0.15) is 11.5 Å². The van der Waals surface area contributed by atoms with Crippen molar-refractivity contribution >= 4 is 0 Å². The molecule has 18 heavy (non-hydrogen) atoms. The lowest BCUT2D eigenvalue weighted by molar-refractivity contribution is 0.00325. The lowest BCUT2D eigenvalue weighted by atomic mass is 9.69. The van der Waals surface area contributed by atoms with Crippen molar-refractivity contribution in [2.24, 2.45) is 5.41 Å². The van der Waals surface area contributed by atoms with E-state index in [1.54, 1.807) is 6.20 Å². The molecular weight excluding hydrogens is 228 g/mol. The third-order valence-electron chi connectivity index (χ3n) is 4.19. The van der Waals surface area contributed by atoms with Crippen LogP contribution in [0.4, 0.5) is 0 Å². The van der Waals surface area contributed by atoms with Crippen molar-refractivity contribution in [2.45, 2.75) is 44.5 Å². The maximum Gasteiger partial charge on any atom is 0.116 e. The van der Waals surface area contributed by atoms with Crippen LogP contribution in [0.2, 0.25) is 0 Å². The number of rotatable bonds is 2. The maximum atomic E-state index is 10.5. The fourth-order valence-electron chi connectivity index (χ4n) is 3.15. The summed E-state index contributed by atoms with van der Waals surface area (Å²) in [7, 11) is 0. The highest BCUT2D eigenvalue weighted by Gasteiger charge is 2.57. The monoisotopic (exact) mass is 244 g/mol. The average molecular weight is 244 g/mol. The highest BCUT2D eigenvalue weighted by atomic mass is 16.5. The maximum absolute atomic E-state index is 10.5. The molecule has 0 saturated carbocycles. The fraction of sp³-hybridized carbons (Fsp3) is 0.571. The summed E-state index contributed by atoms with van der Waals surface area (Å²) in [4.78, 5) is 4.19. The van der Waals surface area contributed by atoms with Gasteiger partial charge < -0.3 is 9.84 Å². The van der Waals surface area contributed by atoms with E-state index in [9.17, 15) is 10.4 Å². The van der Waals surface area contributed by atoms with Crippen LogP contribution in [0.25, 0.3) is 0 Å². The van der Waals surface area contributed by atoms with Crippen molar-refractivity contribution in [3.05, 3.63) is 29.6 Å². The Bertz CT molecular complexity index is 494. The van der Waals surface area contributed by atoms with Crippen molar-refractivity contribution in [3.63, 3.8) is 0 Å². The molecule has 0 aromatic carbocycles. The molecule has 4 atom stereocenters. The lowest BCUT2D eigenvalue weighted by Gasteiger charge is -2.33. The first-order chi connectivity index (χ1) is 8.65. The van der Waals surface area contributed by atoms with Gasteiger partial charge in [-0.1, -0.05) is 6.07 Å². The first kappa shape index (κ1) is 11.6. The van der Waals surface area contributed by atoms with E-state index in [0.29, 0.717) is 12.0 Å². The van der Waals surface area contributed by atoms with E-state index in [-0.39, 0.29) is 12.2 Å². The Morgan fingerprint density at radius 1 is 1.56 bits per heavy atom. The van der Waals surface area contributed by atoms with Crippen molar-refractivity contribution in [1.29, 1.82) is 5.26 Å². The second-order valence-corrected chi connectivity index (χ2v) is 5.32. The molecule has 1 aromatic rings. The highest BCUT2D eigenvalue weighted by Crippen LogP contribution is 2.53. The van der Waals surface area contributed by atoms with Crippen LogP contribution >= 0.6 is 0 Å². The summed E-state index contributed by atoms with van der Waals surface area (Å²) >= 11 is 0. The van der Waals surface area contributed by atoms with Crippen LogP contribution in [-0.4, -0.2) is 22.3 Å². The fourth-order valence-corrected chi connectivity index (χ4v) is 3.15. The first-order valence-corrected chi connectivity index (χ1v) is 6.33. The standard InChI is InChI=1S/C14H16N2O2/c1-9-2-3-10(7-16-9)13(17)14(8-15)6-11-4-5-12(14)18-11/h2-3,7,11-13,17H,4-6H2,1H3. The summed E-state index contributed by atoms with van der Waals surface area (Å²) in [6, 6.07) is 6.02. The van der Waals surface area contributed by atoms with E-state index in [0.717, 1.165) is 18.5 Å². The van der Waals surface area contributed by atoms with Crippen LogP contribution in [0.15, 0.2) is 18.3 Å². The zero-order valence-corrected chi connectivity index (χ0v) is 10.3. The van der Waals surface area contributed by atoms with E-state index >= 15 is 0 Å². The minimum atomic E-state index is -0.814. The first-order valence-electron chi connectivity index (χ1n) is 6.33. The molecule has 4 heteroatoms. The minimum Gasteiger partial charge on any atom is -0.387 e. The largest absolute Gasteiger partial charge is 0.387 e. The third kappa shape index (κ3) is 1.55. The topological polar surface area (TPSA) is 66.1 Å². The molecule has 0 aliphatic carbocycles. The Hall–Kier alpha value is -1.44. The number of hydrogen-bond donors (Lipinski definition) is 1. The van der Waals surface area contributed by atoms with Crippen LogP contribution < -0.4 is 0 Å². The number of aryl methyl sites for hydroxylation is 1. The molecule has 2 bridgehead atoms. The minimum absolute atomic E-state index is 0.135. The number of nitrogens with zero attached hydrogens (tertiary/aromatic N) is 2. The Labute approximate surface area is 106 Å². The second kappa shape index (κ2) is 4.04. The van der Waals surface area contributed by atoms with Crippen molar-refractivity contribution in [2.75, 3.05) is 0 Å². The smallest absolute Gasteiger partial charge is 0.116 e. The van der Waals surface area contributed by atoms with E-state index in [1.807, 2.05) is 19.1 Å². The number of nitriles is 1. The van der Waals surface area contributed by atoms with Crippen LogP contribution in [0, 0.1) is 23.7 Å². The van der Waals surface area contributed by atoms with Gasteiger partial charge in [0, 0.05) is 17.5 Å². The number of hydrogen-bond acceptors (Lipinski definition) is 4. The molecule has 94 valence electrons. The third-order valence-corrected chi connectivity index (χ3v) is 4.19. The Morgan fingerprint density at radius 2 is 2.39 bits per heavy atom. The average Bonchev–Trinajstić information content (AvgIpc) is 2.99. The number of fused-ring (bicyclic) bond motifs is 2. The van der Waals surface area contributed by atoms with Crippen molar-refractivity contribution in [3.8, 4) is 6.07 Å². The zero-order valence-electron chi connectivity index (χ0n) is 10.3. The van der Waals surface area contributed by atoms with E-state index in [4.69, 9.17) is 4.74 Å². The molecule has 2 aliphatic rings. The van der Waals surface area contributed by atoms with Crippen molar-refractivity contribution < 1.29 is 9.84 Å². The summed E-state index contributed by atoms with van der Waals surface area (Å²) in [5.74, 6) is 0. The van der Waals surface area contributed by atoms with Crippen LogP contribution in [0.1, 0.15) is 36.6 Å². The molecule has 0 radical (unpaired) electrons. The summed E-state index contributed by atoms with van der Waals surface area (Å²) in [5, 5.41) is 20.1. The van der Waals surface area contributed by atoms with Gasteiger partial charge in [0.25, 0.3) is 0 Å². The predicted molar refractivity (Wildman–Crippen MR) is 64.5 cm³/mol. The molecule has 2 saturated heterocycles. The van der Waals surface area contributed by atoms with Crippen LogP contribution in [-0.2, 0) is 4.74 Å². The Balaban J connectivity index is 1.93. The summed E-state index contributed by atoms with van der Waals surface area (Å²) in [6.45, 7) is 1.90. The van der Waals surface area contributed by atoms with Gasteiger partial charge in [-0.15, -0.1) is 0 Å². The molecule has 4 nitrogen and oxygen atoms in total. The normalized spacial score (nSPS) is 35.4. The number of aliphatic hydroxyl groups excluding tert-OH is 1. The Kier molecular flexibility index (Phi) is 2.61. The zero-order chi connectivity index (χ0) is 12.8. The number of aromatic nitrogens is 1. The van der Waals surface area contributed by atoms with Gasteiger partial charge in [-0.25, -0.2) is 0 Å². The molecule has 0 amide bonds. The molecule has 3 rings (SSSR count). The quantitative estimate of drug-likeness (QED) is 0.862. The van der Waals surface area contributed by atoms with Gasteiger partial charge in [-0.3, -0.25) is 4.98 Å². The molecule has 1 N–H and O–H groups in total. The van der Waals surface area contributed by atoms with E-state index < -0.39 is 11.5 Å². The summed E-state index contributed by atoms with van der Waals surface area (Å²) < 4.78 is 5.74. The van der Waals surface area contributed by atoms with Gasteiger partial charge >= 0.3 is 0 Å². The summed E-state index contributed by atoms with van der Waals surface area (Å²) in [5.41, 5.74) is 0.819. The SMILES string of the molecule is Cc1ccc(C(O)C2(C#N)CC3CCC2O3)cn1. The lowest BCUT2D eigenvalue weighted by Crippen LogP contribution is -2.37. The molecule has 2 fully saturated rings. The number of ether oxygens (including phenoxy) is 1. The second-order valence-electron chi connectivity index (χ2n) is 5.32. The van der Waals surface area contributed by atoms with Crippen LogP contribution in [0.3, 0.4) is 0 Å². The van der Waals surface area contributed by atoms with Gasteiger partial charge in [0.15, 0.2) is 0 Å². The molecule has 0 spiro atoms. The molecule has 4 unspecified atom stereocenters. The van der Waals surface area contributed by atoms with Gasteiger partial charge in [0.2, 0.25) is 0 Å². The molecule has 2 aliphatic heterocycles. The Morgan fingerprint density at radius 3 is 2.89 bits per heavy atom. The van der Waals surface area contributed by atoms with Gasteiger partial charge in [-0.2, -0.15) is 5.26 Å². The van der Waals surface area contributed by atoms with Crippen molar-refractivity contribution in [1.82, 2.24) is 4.98 Å². The van der Waals surface area contributed by atoms with Gasteiger partial charge in [-0.05, 0) is 32.3 Å². The molecule has 3 heterocycles. The highest BCUT2D eigenvalue weighted by molar-refractivity contribution is 5.25. The van der Waals surface area contributed by atoms with E-state index in [2.05, 4.69) is 11.1 Å². The van der Waals surface area contributed by atoms with Gasteiger partial charge in [0.05, 0.1) is 18.3 Å². The summed E-state index contributed by atoms with van der Waals surface area (Å²) in [6.07, 6.45) is 3.35. The molecular formula is C14H16N2O2. The van der Waals surface area contributed by atoms with E-state index in [1.165, 1.54) is 0 Å². The number of pyridine rings is 1. The number of aliphatic hydroxyl groups is 1. The van der Waals surface area contributed by atoms with Crippen LogP contribution in [0.5, 0.6) is 0 Å². The molecule has 1 aromatic heterocycles. The predicted octanol–water partition coefficient (Wildman–Crippen LogP) is 1.88.